The van der Waals surface area contributed by atoms with Gasteiger partial charge in [-0.2, -0.15) is 5.26 Å². The highest BCUT2D eigenvalue weighted by Gasteiger charge is 2.43. The van der Waals surface area contributed by atoms with Crippen molar-refractivity contribution in [2.75, 3.05) is 6.54 Å². The number of halogens is 1. The molecule has 2 heterocycles. The average molecular weight is 366 g/mol. The van der Waals surface area contributed by atoms with E-state index in [4.69, 9.17) is 5.26 Å². The molecular weight excluding hydrogens is 347 g/mol. The molecular formula is C20H19FN4O2. The summed E-state index contributed by atoms with van der Waals surface area (Å²) in [5.74, 6) is -0.605. The molecule has 1 saturated carbocycles. The summed E-state index contributed by atoms with van der Waals surface area (Å²) in [7, 11) is 0. The minimum atomic E-state index is -0.991. The van der Waals surface area contributed by atoms with E-state index in [1.807, 2.05) is 24.1 Å². The third-order valence-electron chi connectivity index (χ3n) is 5.37. The first-order valence-electron chi connectivity index (χ1n) is 8.91. The second-order valence-corrected chi connectivity index (χ2v) is 7.18. The largest absolute Gasteiger partial charge is 0.478 e. The number of carboxylic acids is 1. The van der Waals surface area contributed by atoms with Crippen molar-refractivity contribution in [1.29, 1.82) is 5.26 Å². The van der Waals surface area contributed by atoms with Gasteiger partial charge in [0.1, 0.15) is 11.9 Å². The lowest BCUT2D eigenvalue weighted by molar-refractivity contribution is -0.132. The number of benzene rings is 1. The van der Waals surface area contributed by atoms with Crippen LogP contribution in [0.1, 0.15) is 37.8 Å². The Morgan fingerprint density at radius 2 is 2.19 bits per heavy atom. The molecule has 6 nitrogen and oxygen atoms in total. The second-order valence-electron chi connectivity index (χ2n) is 7.18. The van der Waals surface area contributed by atoms with Crippen LogP contribution < -0.4 is 0 Å². The van der Waals surface area contributed by atoms with Crippen LogP contribution in [0.3, 0.4) is 0 Å². The Morgan fingerprint density at radius 3 is 2.81 bits per heavy atom. The summed E-state index contributed by atoms with van der Waals surface area (Å²) < 4.78 is 13.6. The highest BCUT2D eigenvalue weighted by atomic mass is 19.1. The Bertz CT molecular complexity index is 969. The number of hydrogen-bond donors (Lipinski definition) is 1. The maximum atomic E-state index is 13.6. The molecule has 2 aliphatic heterocycles. The zero-order valence-electron chi connectivity index (χ0n) is 15.1. The van der Waals surface area contributed by atoms with Gasteiger partial charge in [-0.05, 0) is 56.9 Å². The molecule has 0 aromatic heterocycles. The third-order valence-corrected chi connectivity index (χ3v) is 5.37. The molecule has 3 aliphatic rings. The first-order valence-corrected chi connectivity index (χ1v) is 8.91. The molecule has 1 aromatic rings. The molecule has 0 bridgehead atoms. The molecule has 0 amide bonds. The average Bonchev–Trinajstić information content (AvgIpc) is 3.41. The van der Waals surface area contributed by atoms with Crippen molar-refractivity contribution in [3.05, 3.63) is 58.3 Å². The van der Waals surface area contributed by atoms with Gasteiger partial charge in [-0.1, -0.05) is 0 Å². The second kappa shape index (κ2) is 6.32. The van der Waals surface area contributed by atoms with E-state index in [0.717, 1.165) is 18.5 Å². The summed E-state index contributed by atoms with van der Waals surface area (Å²) in [6.45, 7) is 4.32. The van der Waals surface area contributed by atoms with Gasteiger partial charge in [-0.15, -0.1) is 0 Å². The molecule has 1 aliphatic carbocycles. The number of aliphatic carboxylic acids is 1. The van der Waals surface area contributed by atoms with Crippen LogP contribution in [0.4, 0.5) is 4.39 Å². The van der Waals surface area contributed by atoms with Gasteiger partial charge in [-0.3, -0.25) is 5.01 Å². The molecule has 0 radical (unpaired) electrons. The van der Waals surface area contributed by atoms with E-state index < -0.39 is 11.8 Å². The number of carboxylic acid groups (broad SMARTS) is 1. The van der Waals surface area contributed by atoms with Crippen LogP contribution >= 0.6 is 0 Å². The minimum absolute atomic E-state index is 0.0634. The quantitative estimate of drug-likeness (QED) is 0.886. The van der Waals surface area contributed by atoms with Crippen LogP contribution in [0.2, 0.25) is 0 Å². The summed E-state index contributed by atoms with van der Waals surface area (Å²) >= 11 is 0. The first-order chi connectivity index (χ1) is 12.9. The zero-order valence-corrected chi connectivity index (χ0v) is 15.1. The normalized spacial score (nSPS) is 20.7. The Kier molecular flexibility index (Phi) is 4.08. The fourth-order valence-electron chi connectivity index (χ4n) is 3.67. The van der Waals surface area contributed by atoms with Crippen LogP contribution in [0.5, 0.6) is 0 Å². The van der Waals surface area contributed by atoms with Crippen LogP contribution in [0.15, 0.2) is 46.4 Å². The van der Waals surface area contributed by atoms with Crippen LogP contribution in [-0.2, 0) is 4.79 Å². The predicted octanol–water partition coefficient (Wildman–Crippen LogP) is 3.03. The number of hydrazine groups is 1. The standard InChI is InChI=1S/C20H19FN4O2/c1-11-7-18(14-5-6-17(21)15(8-14)9-22)23-19-16(20(26)27)10-24(25(11)19)12(2)13-3-4-13/h5-8,12-13H,3-4,10H2,1-2H3,(H,26,27)/t12-/m0/s1. The van der Waals surface area contributed by atoms with Crippen molar-refractivity contribution >= 4 is 11.7 Å². The highest BCUT2D eigenvalue weighted by molar-refractivity contribution is 6.10. The number of nitriles is 1. The van der Waals surface area contributed by atoms with Crippen molar-refractivity contribution < 1.29 is 14.3 Å². The van der Waals surface area contributed by atoms with Gasteiger partial charge in [-0.25, -0.2) is 19.2 Å². The summed E-state index contributed by atoms with van der Waals surface area (Å²) in [5.41, 5.74) is 2.14. The predicted molar refractivity (Wildman–Crippen MR) is 96.8 cm³/mol. The molecule has 27 heavy (non-hydrogen) atoms. The molecule has 1 fully saturated rings. The van der Waals surface area contributed by atoms with Gasteiger partial charge in [0.15, 0.2) is 5.82 Å². The molecule has 0 spiro atoms. The van der Waals surface area contributed by atoms with Crippen LogP contribution in [0.25, 0.3) is 0 Å². The number of fused-ring (bicyclic) bond motifs is 1. The number of aliphatic imine (C=N–C) groups is 1. The smallest absolute Gasteiger partial charge is 0.336 e. The molecule has 1 atom stereocenters. The van der Waals surface area contributed by atoms with E-state index in [9.17, 15) is 14.3 Å². The number of carbonyl (C=O) groups is 1. The maximum Gasteiger partial charge on any atom is 0.336 e. The van der Waals surface area contributed by atoms with Crippen LogP contribution in [0, 0.1) is 23.1 Å². The van der Waals surface area contributed by atoms with Crippen molar-refractivity contribution in [2.45, 2.75) is 32.7 Å². The number of allylic oxidation sites excluding steroid dienone is 2. The Balaban J connectivity index is 1.77. The van der Waals surface area contributed by atoms with E-state index in [1.54, 1.807) is 6.07 Å². The topological polar surface area (TPSA) is 79.9 Å². The van der Waals surface area contributed by atoms with Crippen molar-refractivity contribution in [1.82, 2.24) is 10.0 Å². The summed E-state index contributed by atoms with van der Waals surface area (Å²) in [5, 5.41) is 22.7. The Morgan fingerprint density at radius 1 is 1.44 bits per heavy atom. The van der Waals surface area contributed by atoms with E-state index in [0.29, 0.717) is 29.6 Å². The monoisotopic (exact) mass is 366 g/mol. The zero-order chi connectivity index (χ0) is 19.3. The number of rotatable bonds is 4. The lowest BCUT2D eigenvalue weighted by Gasteiger charge is -2.37. The van der Waals surface area contributed by atoms with E-state index in [2.05, 4.69) is 16.9 Å². The van der Waals surface area contributed by atoms with Gasteiger partial charge in [0.2, 0.25) is 0 Å². The maximum absolute atomic E-state index is 13.6. The van der Waals surface area contributed by atoms with Crippen LogP contribution in [-0.4, -0.2) is 39.4 Å². The first kappa shape index (κ1) is 17.4. The molecule has 138 valence electrons. The molecule has 1 N–H and O–H groups in total. The summed E-state index contributed by atoms with van der Waals surface area (Å²) in [4.78, 5) is 16.4. The third kappa shape index (κ3) is 2.92. The van der Waals surface area contributed by atoms with Gasteiger partial charge in [0, 0.05) is 17.3 Å². The lowest BCUT2D eigenvalue weighted by Crippen LogP contribution is -2.44. The SMILES string of the molecule is CC1=CC(c2ccc(F)c(C#N)c2)=NC2=C(C(=O)O)CN([C@@H](C)C3CC3)N12. The number of hydrogen-bond acceptors (Lipinski definition) is 5. The fraction of sp³-hybridized carbons (Fsp3) is 0.350. The van der Waals surface area contributed by atoms with Crippen molar-refractivity contribution in [2.24, 2.45) is 10.9 Å². The molecule has 0 saturated heterocycles. The van der Waals surface area contributed by atoms with Crippen molar-refractivity contribution in [3.63, 3.8) is 0 Å². The minimum Gasteiger partial charge on any atom is -0.478 e. The summed E-state index contributed by atoms with van der Waals surface area (Å²) in [6, 6.07) is 6.27. The van der Waals surface area contributed by atoms with Gasteiger partial charge in [0.25, 0.3) is 0 Å². The van der Waals surface area contributed by atoms with E-state index >= 15 is 0 Å². The molecule has 7 heteroatoms. The van der Waals surface area contributed by atoms with E-state index in [-0.39, 0.29) is 17.2 Å². The molecule has 4 rings (SSSR count). The van der Waals surface area contributed by atoms with Gasteiger partial charge in [0.05, 0.1) is 23.4 Å². The Labute approximate surface area is 156 Å². The highest BCUT2D eigenvalue weighted by Crippen LogP contribution is 2.41. The van der Waals surface area contributed by atoms with Crippen molar-refractivity contribution in [3.8, 4) is 6.07 Å². The number of nitrogens with zero attached hydrogens (tertiary/aromatic N) is 4. The van der Waals surface area contributed by atoms with Gasteiger partial charge < -0.3 is 5.11 Å². The lowest BCUT2D eigenvalue weighted by atomic mass is 10.0. The van der Waals surface area contributed by atoms with E-state index in [1.165, 1.54) is 12.1 Å². The molecule has 0 unspecified atom stereocenters. The fourth-order valence-corrected chi connectivity index (χ4v) is 3.67. The Hall–Kier alpha value is -2.98. The molecule has 1 aromatic carbocycles. The van der Waals surface area contributed by atoms with Gasteiger partial charge >= 0.3 is 5.97 Å². The summed E-state index contributed by atoms with van der Waals surface area (Å²) in [6.07, 6.45) is 4.16.